The summed E-state index contributed by atoms with van der Waals surface area (Å²) in [5.74, 6) is 0.555. The number of halogens is 1. The molecule has 2 aliphatic rings. The topological polar surface area (TPSA) is 59.0 Å². The second-order valence-corrected chi connectivity index (χ2v) is 8.55. The molecule has 0 aromatic carbocycles. The van der Waals surface area contributed by atoms with Crippen molar-refractivity contribution in [1.82, 2.24) is 20.4 Å². The van der Waals surface area contributed by atoms with E-state index in [-0.39, 0.29) is 29.3 Å². The van der Waals surface area contributed by atoms with Gasteiger partial charge in [0, 0.05) is 18.2 Å². The van der Waals surface area contributed by atoms with E-state index in [1.54, 1.807) is 0 Å². The SMILES string of the molecule is CC1(CNC(=O)c2cc(C3CC3)n(C(C)(C)C)n2)CCNCC1.Cl. The van der Waals surface area contributed by atoms with Gasteiger partial charge in [-0.15, -0.1) is 12.4 Å². The standard InChI is InChI=1S/C18H30N4O.ClH/c1-17(2,3)22-15(13-5-6-13)11-14(21-22)16(23)20-12-18(4)7-9-19-10-8-18;/h11,13,19H,5-10,12H2,1-4H3,(H,20,23);1H. The number of piperidine rings is 1. The highest BCUT2D eigenvalue weighted by Crippen LogP contribution is 2.41. The summed E-state index contributed by atoms with van der Waals surface area (Å²) in [5, 5.41) is 11.1. The third-order valence-electron chi connectivity index (χ3n) is 5.09. The normalized spacial score (nSPS) is 20.3. The van der Waals surface area contributed by atoms with Gasteiger partial charge in [-0.3, -0.25) is 9.48 Å². The molecule has 1 aromatic heterocycles. The lowest BCUT2D eigenvalue weighted by Crippen LogP contribution is -2.43. The highest BCUT2D eigenvalue weighted by molar-refractivity contribution is 5.92. The molecule has 1 saturated heterocycles. The van der Waals surface area contributed by atoms with Gasteiger partial charge in [-0.2, -0.15) is 5.10 Å². The predicted molar refractivity (Wildman–Crippen MR) is 99.0 cm³/mol. The minimum atomic E-state index is -0.0858. The van der Waals surface area contributed by atoms with Gasteiger partial charge in [0.2, 0.25) is 0 Å². The Balaban J connectivity index is 0.00000208. The fourth-order valence-electron chi connectivity index (χ4n) is 3.31. The zero-order valence-electron chi connectivity index (χ0n) is 15.3. The van der Waals surface area contributed by atoms with Crippen LogP contribution in [0, 0.1) is 5.41 Å². The first-order valence-electron chi connectivity index (χ1n) is 8.88. The Morgan fingerprint density at radius 1 is 1.38 bits per heavy atom. The van der Waals surface area contributed by atoms with Crippen LogP contribution in [0.1, 0.15) is 75.5 Å². The van der Waals surface area contributed by atoms with E-state index in [1.807, 2.05) is 10.7 Å². The van der Waals surface area contributed by atoms with Crippen molar-refractivity contribution in [1.29, 1.82) is 0 Å². The van der Waals surface area contributed by atoms with E-state index in [0.717, 1.165) is 32.5 Å². The second kappa shape index (κ2) is 7.04. The van der Waals surface area contributed by atoms with Crippen LogP contribution in [0.5, 0.6) is 0 Å². The third kappa shape index (κ3) is 4.31. The zero-order chi connectivity index (χ0) is 16.7. The van der Waals surface area contributed by atoms with E-state index in [4.69, 9.17) is 0 Å². The van der Waals surface area contributed by atoms with Crippen LogP contribution >= 0.6 is 12.4 Å². The summed E-state index contributed by atoms with van der Waals surface area (Å²) < 4.78 is 2.05. The van der Waals surface area contributed by atoms with E-state index < -0.39 is 0 Å². The highest BCUT2D eigenvalue weighted by Gasteiger charge is 2.33. The van der Waals surface area contributed by atoms with Crippen molar-refractivity contribution in [2.45, 2.75) is 64.8 Å². The number of carbonyl (C=O) groups excluding carboxylic acids is 1. The maximum absolute atomic E-state index is 12.6. The Kier molecular flexibility index (Phi) is 5.65. The molecule has 1 aliphatic heterocycles. The van der Waals surface area contributed by atoms with E-state index in [1.165, 1.54) is 18.5 Å². The lowest BCUT2D eigenvalue weighted by atomic mass is 9.81. The highest BCUT2D eigenvalue weighted by atomic mass is 35.5. The molecule has 0 atom stereocenters. The number of aromatic nitrogens is 2. The summed E-state index contributed by atoms with van der Waals surface area (Å²) in [6, 6.07) is 2.00. The van der Waals surface area contributed by atoms with Gasteiger partial charge >= 0.3 is 0 Å². The Morgan fingerprint density at radius 2 is 2.00 bits per heavy atom. The summed E-state index contributed by atoms with van der Waals surface area (Å²) in [6.07, 6.45) is 4.65. The predicted octanol–water partition coefficient (Wildman–Crippen LogP) is 3.06. The molecule has 0 bridgehead atoms. The fourth-order valence-corrected chi connectivity index (χ4v) is 3.31. The molecule has 0 spiro atoms. The minimum Gasteiger partial charge on any atom is -0.350 e. The van der Waals surface area contributed by atoms with E-state index in [0.29, 0.717) is 11.6 Å². The fraction of sp³-hybridized carbons (Fsp3) is 0.778. The summed E-state index contributed by atoms with van der Waals surface area (Å²) >= 11 is 0. The van der Waals surface area contributed by atoms with Crippen LogP contribution in [0.2, 0.25) is 0 Å². The smallest absolute Gasteiger partial charge is 0.271 e. The van der Waals surface area contributed by atoms with Crippen LogP contribution in [0.25, 0.3) is 0 Å². The van der Waals surface area contributed by atoms with Crippen molar-refractivity contribution < 1.29 is 4.79 Å². The summed E-state index contributed by atoms with van der Waals surface area (Å²) in [6.45, 7) is 11.5. The molecule has 1 aliphatic carbocycles. The second-order valence-electron chi connectivity index (χ2n) is 8.55. The maximum atomic E-state index is 12.6. The maximum Gasteiger partial charge on any atom is 0.271 e. The molecule has 0 radical (unpaired) electrons. The van der Waals surface area contributed by atoms with E-state index in [9.17, 15) is 4.79 Å². The van der Waals surface area contributed by atoms with Crippen molar-refractivity contribution >= 4 is 18.3 Å². The number of carbonyl (C=O) groups is 1. The zero-order valence-corrected chi connectivity index (χ0v) is 16.1. The van der Waals surface area contributed by atoms with Crippen LogP contribution in [-0.2, 0) is 5.54 Å². The lowest BCUT2D eigenvalue weighted by Gasteiger charge is -2.34. The van der Waals surface area contributed by atoms with Crippen molar-refractivity contribution in [2.75, 3.05) is 19.6 Å². The average molecular weight is 355 g/mol. The van der Waals surface area contributed by atoms with Crippen LogP contribution in [0.3, 0.4) is 0 Å². The molecule has 6 heteroatoms. The molecule has 2 N–H and O–H groups in total. The van der Waals surface area contributed by atoms with E-state index in [2.05, 4.69) is 43.4 Å². The van der Waals surface area contributed by atoms with Crippen molar-refractivity contribution in [3.05, 3.63) is 17.5 Å². The van der Waals surface area contributed by atoms with Gasteiger partial charge in [0.1, 0.15) is 5.69 Å². The Morgan fingerprint density at radius 3 is 2.54 bits per heavy atom. The molecule has 1 saturated carbocycles. The average Bonchev–Trinajstić information content (AvgIpc) is 3.22. The van der Waals surface area contributed by atoms with Crippen molar-refractivity contribution in [2.24, 2.45) is 5.41 Å². The molecule has 136 valence electrons. The van der Waals surface area contributed by atoms with Gasteiger partial charge in [0.25, 0.3) is 5.91 Å². The summed E-state index contributed by atoms with van der Waals surface area (Å²) in [7, 11) is 0. The van der Waals surface area contributed by atoms with Crippen LogP contribution in [-0.4, -0.2) is 35.3 Å². The van der Waals surface area contributed by atoms with Crippen LogP contribution < -0.4 is 10.6 Å². The van der Waals surface area contributed by atoms with Gasteiger partial charge in [0.05, 0.1) is 5.54 Å². The van der Waals surface area contributed by atoms with Gasteiger partial charge < -0.3 is 10.6 Å². The summed E-state index contributed by atoms with van der Waals surface area (Å²) in [5.41, 5.74) is 1.90. The van der Waals surface area contributed by atoms with Gasteiger partial charge in [-0.05, 0) is 71.0 Å². The number of amides is 1. The number of rotatable bonds is 4. The first kappa shape index (κ1) is 19.3. The largest absolute Gasteiger partial charge is 0.350 e. The van der Waals surface area contributed by atoms with Gasteiger partial charge in [-0.25, -0.2) is 0 Å². The number of hydrogen-bond donors (Lipinski definition) is 2. The molecular weight excluding hydrogens is 324 g/mol. The molecule has 3 rings (SSSR count). The molecule has 1 amide bonds. The molecule has 2 heterocycles. The van der Waals surface area contributed by atoms with Crippen LogP contribution in [0.15, 0.2) is 6.07 Å². The molecule has 24 heavy (non-hydrogen) atoms. The third-order valence-corrected chi connectivity index (χ3v) is 5.09. The Bertz CT molecular complexity index is 580. The van der Waals surface area contributed by atoms with Crippen molar-refractivity contribution in [3.63, 3.8) is 0 Å². The molecule has 2 fully saturated rings. The van der Waals surface area contributed by atoms with Crippen LogP contribution in [0.4, 0.5) is 0 Å². The van der Waals surface area contributed by atoms with Gasteiger partial charge in [0.15, 0.2) is 0 Å². The molecule has 1 aromatic rings. The summed E-state index contributed by atoms with van der Waals surface area (Å²) in [4.78, 5) is 12.6. The Labute approximate surface area is 151 Å². The molecule has 0 unspecified atom stereocenters. The van der Waals surface area contributed by atoms with Gasteiger partial charge in [-0.1, -0.05) is 6.92 Å². The first-order valence-corrected chi connectivity index (χ1v) is 8.88. The Hall–Kier alpha value is -1.07. The molecule has 5 nitrogen and oxygen atoms in total. The number of hydrogen-bond acceptors (Lipinski definition) is 3. The monoisotopic (exact) mass is 354 g/mol. The molecular formula is C18H31ClN4O. The lowest BCUT2D eigenvalue weighted by molar-refractivity contribution is 0.0915. The first-order chi connectivity index (χ1) is 10.8. The minimum absolute atomic E-state index is 0. The number of nitrogens with zero attached hydrogens (tertiary/aromatic N) is 2. The van der Waals surface area contributed by atoms with E-state index >= 15 is 0 Å². The quantitative estimate of drug-likeness (QED) is 0.873. The van der Waals surface area contributed by atoms with Crippen molar-refractivity contribution in [3.8, 4) is 0 Å². The number of nitrogens with one attached hydrogen (secondary N) is 2.